The monoisotopic (exact) mass is 574 g/mol. The Hall–Kier alpha value is -4.36. The second-order valence-corrected chi connectivity index (χ2v) is 11.1. The topological polar surface area (TPSA) is 154 Å². The van der Waals surface area contributed by atoms with Gasteiger partial charge in [0.1, 0.15) is 5.82 Å². The second-order valence-electron chi connectivity index (χ2n) is 10.0. The van der Waals surface area contributed by atoms with Crippen LogP contribution in [0.1, 0.15) is 34.5 Å². The van der Waals surface area contributed by atoms with Crippen molar-refractivity contribution in [2.75, 3.05) is 43.5 Å². The highest BCUT2D eigenvalue weighted by atomic mass is 32.2. The Balaban J connectivity index is 1.14. The summed E-state index contributed by atoms with van der Waals surface area (Å²) >= 11 is 0.863. The Morgan fingerprint density at radius 1 is 1.17 bits per heavy atom. The number of piperidine rings is 1. The number of carbonyl (C=O) groups excluding carboxylic acids is 2. The van der Waals surface area contributed by atoms with Crippen molar-refractivity contribution in [3.05, 3.63) is 64.6 Å². The molecule has 0 saturated carbocycles. The minimum Gasteiger partial charge on any atom is -0.478 e. The van der Waals surface area contributed by atoms with Crippen molar-refractivity contribution >= 4 is 46.7 Å². The van der Waals surface area contributed by atoms with Gasteiger partial charge in [0.15, 0.2) is 0 Å². The third-order valence-corrected chi connectivity index (χ3v) is 7.71. The molecule has 0 unspecified atom stereocenters. The van der Waals surface area contributed by atoms with Gasteiger partial charge in [0, 0.05) is 57.9 Å². The van der Waals surface area contributed by atoms with Gasteiger partial charge in [-0.2, -0.15) is 0 Å². The van der Waals surface area contributed by atoms with Crippen molar-refractivity contribution in [2.45, 2.75) is 19.4 Å². The zero-order valence-electron chi connectivity index (χ0n) is 22.7. The summed E-state index contributed by atoms with van der Waals surface area (Å²) in [6.45, 7) is 2.89. The first-order chi connectivity index (χ1) is 19.8. The molecular formula is C28H30N8O4S. The summed E-state index contributed by atoms with van der Waals surface area (Å²) in [5, 5.41) is 15.1. The number of thioether (sulfide) groups is 1. The fourth-order valence-corrected chi connectivity index (χ4v) is 5.36. The van der Waals surface area contributed by atoms with Crippen molar-refractivity contribution < 1.29 is 19.5 Å². The lowest BCUT2D eigenvalue weighted by molar-refractivity contribution is -0.115. The average molecular weight is 575 g/mol. The van der Waals surface area contributed by atoms with E-state index in [0.717, 1.165) is 55.6 Å². The Morgan fingerprint density at radius 2 is 1.98 bits per heavy atom. The predicted molar refractivity (Wildman–Crippen MR) is 157 cm³/mol. The molecule has 5 heterocycles. The molecule has 2 amide bonds. The first-order valence-corrected chi connectivity index (χ1v) is 14.0. The molecular weight excluding hydrogens is 544 g/mol. The predicted octanol–water partition coefficient (Wildman–Crippen LogP) is 3.03. The van der Waals surface area contributed by atoms with E-state index in [2.05, 4.69) is 35.5 Å². The van der Waals surface area contributed by atoms with Crippen LogP contribution in [0.15, 0.2) is 47.8 Å². The molecule has 212 valence electrons. The maximum Gasteiger partial charge on any atom is 0.337 e. The van der Waals surface area contributed by atoms with Crippen LogP contribution in [0.4, 0.5) is 16.6 Å². The lowest BCUT2D eigenvalue weighted by Gasteiger charge is -2.32. The van der Waals surface area contributed by atoms with E-state index in [1.165, 1.54) is 0 Å². The first-order valence-electron chi connectivity index (χ1n) is 13.2. The summed E-state index contributed by atoms with van der Waals surface area (Å²) < 4.78 is 0. The maximum absolute atomic E-state index is 12.0. The van der Waals surface area contributed by atoms with Crippen LogP contribution in [0.5, 0.6) is 0 Å². The molecule has 2 fully saturated rings. The van der Waals surface area contributed by atoms with Gasteiger partial charge in [-0.1, -0.05) is 0 Å². The smallest absolute Gasteiger partial charge is 0.337 e. The SMILES string of the molecule is CN(C)c1ccc(-c2ncc(CNCC3CCN(c4nccc(/C=C5/SC(=O)NC5=O)n4)CC3)cc2C(=O)O)cn1. The summed E-state index contributed by atoms with van der Waals surface area (Å²) in [6, 6.07) is 7.04. The molecule has 3 N–H and O–H groups in total. The van der Waals surface area contributed by atoms with Crippen LogP contribution in [0, 0.1) is 5.92 Å². The second kappa shape index (κ2) is 12.4. The number of rotatable bonds is 9. The number of pyridine rings is 2. The Morgan fingerprint density at radius 3 is 2.63 bits per heavy atom. The Kier molecular flexibility index (Phi) is 8.55. The molecule has 0 radical (unpaired) electrons. The fourth-order valence-electron chi connectivity index (χ4n) is 4.70. The number of amides is 2. The van der Waals surface area contributed by atoms with Gasteiger partial charge in [-0.25, -0.2) is 19.7 Å². The molecule has 3 aromatic heterocycles. The quantitative estimate of drug-likeness (QED) is 0.322. The average Bonchev–Trinajstić information content (AvgIpc) is 3.29. The number of imide groups is 1. The van der Waals surface area contributed by atoms with E-state index in [9.17, 15) is 19.5 Å². The highest BCUT2D eigenvalue weighted by Crippen LogP contribution is 2.27. The van der Waals surface area contributed by atoms with Crippen LogP contribution in [0.3, 0.4) is 0 Å². The number of hydrogen-bond acceptors (Lipinski definition) is 11. The van der Waals surface area contributed by atoms with Gasteiger partial charge >= 0.3 is 5.97 Å². The highest BCUT2D eigenvalue weighted by Gasteiger charge is 2.26. The molecule has 0 atom stereocenters. The van der Waals surface area contributed by atoms with Crippen LogP contribution in [0.25, 0.3) is 17.3 Å². The molecule has 2 aliphatic heterocycles. The molecule has 0 spiro atoms. The van der Waals surface area contributed by atoms with E-state index < -0.39 is 11.9 Å². The Bertz CT molecular complexity index is 1490. The number of carboxylic acid groups (broad SMARTS) is 1. The normalized spacial score (nSPS) is 16.7. The van der Waals surface area contributed by atoms with Gasteiger partial charge < -0.3 is 20.2 Å². The van der Waals surface area contributed by atoms with Crippen molar-refractivity contribution in [1.29, 1.82) is 0 Å². The van der Waals surface area contributed by atoms with Gasteiger partial charge in [-0.05, 0) is 73.0 Å². The minimum atomic E-state index is -1.03. The van der Waals surface area contributed by atoms with E-state index in [4.69, 9.17) is 0 Å². The molecule has 5 rings (SSSR count). The summed E-state index contributed by atoms with van der Waals surface area (Å²) in [4.78, 5) is 57.3. The third-order valence-electron chi connectivity index (χ3n) is 6.90. The standard InChI is InChI=1S/C28H30N8O4S/c1-35(2)23-4-3-19(16-31-23)24-21(26(38)39)11-18(15-32-24)14-29-13-17-6-9-36(10-7-17)27-30-8-5-20(33-27)12-22-25(37)34-28(40)41-22/h3-5,8,11-12,15-17,29H,6-7,9-10,13-14H2,1-2H3,(H,38,39)(H,34,37,40)/b22-12+. The van der Waals surface area contributed by atoms with Gasteiger partial charge in [0.25, 0.3) is 11.1 Å². The van der Waals surface area contributed by atoms with Gasteiger partial charge in [-0.15, -0.1) is 0 Å². The molecule has 41 heavy (non-hydrogen) atoms. The van der Waals surface area contributed by atoms with Crippen molar-refractivity contribution in [1.82, 2.24) is 30.6 Å². The number of carboxylic acids is 1. The van der Waals surface area contributed by atoms with Crippen molar-refractivity contribution in [2.24, 2.45) is 5.92 Å². The van der Waals surface area contributed by atoms with Crippen LogP contribution in [-0.4, -0.2) is 75.9 Å². The molecule has 3 aromatic rings. The molecule has 0 aliphatic carbocycles. The fraction of sp³-hybridized carbons (Fsp3) is 0.321. The largest absolute Gasteiger partial charge is 0.478 e. The number of anilines is 2. The van der Waals surface area contributed by atoms with Crippen molar-refractivity contribution in [3.8, 4) is 11.3 Å². The summed E-state index contributed by atoms with van der Waals surface area (Å²) in [6.07, 6.45) is 8.50. The van der Waals surface area contributed by atoms with E-state index >= 15 is 0 Å². The number of nitrogens with one attached hydrogen (secondary N) is 2. The molecule has 12 nitrogen and oxygen atoms in total. The minimum absolute atomic E-state index is 0.147. The number of aromatic nitrogens is 4. The number of hydrogen-bond donors (Lipinski definition) is 3. The van der Waals surface area contributed by atoms with Gasteiger partial charge in [0.2, 0.25) is 5.95 Å². The zero-order valence-corrected chi connectivity index (χ0v) is 23.5. The Labute approximate surface area is 241 Å². The van der Waals surface area contributed by atoms with E-state index in [0.29, 0.717) is 40.3 Å². The van der Waals surface area contributed by atoms with Crippen LogP contribution < -0.4 is 20.4 Å². The van der Waals surface area contributed by atoms with E-state index in [1.807, 2.05) is 31.1 Å². The summed E-state index contributed by atoms with van der Waals surface area (Å²) in [5.74, 6) is 0.392. The number of carbonyl (C=O) groups is 3. The summed E-state index contributed by atoms with van der Waals surface area (Å²) in [7, 11) is 3.79. The lowest BCUT2D eigenvalue weighted by Crippen LogP contribution is -2.38. The molecule has 2 aliphatic rings. The molecule has 0 aromatic carbocycles. The van der Waals surface area contributed by atoms with Crippen molar-refractivity contribution in [3.63, 3.8) is 0 Å². The molecule has 2 saturated heterocycles. The molecule has 13 heteroatoms. The number of aromatic carboxylic acids is 1. The van der Waals surface area contributed by atoms with E-state index in [1.54, 1.807) is 36.8 Å². The number of nitrogens with zero attached hydrogens (tertiary/aromatic N) is 6. The van der Waals surface area contributed by atoms with E-state index in [-0.39, 0.29) is 10.8 Å². The third kappa shape index (κ3) is 6.87. The van der Waals surface area contributed by atoms with Crippen LogP contribution >= 0.6 is 11.8 Å². The zero-order chi connectivity index (χ0) is 28.9. The van der Waals surface area contributed by atoms with Gasteiger partial charge in [0.05, 0.1) is 21.9 Å². The van der Waals surface area contributed by atoms with Gasteiger partial charge in [-0.3, -0.25) is 19.9 Å². The first kappa shape index (κ1) is 28.2. The highest BCUT2D eigenvalue weighted by molar-refractivity contribution is 8.18. The van der Waals surface area contributed by atoms with Crippen LogP contribution in [-0.2, 0) is 11.3 Å². The summed E-state index contributed by atoms with van der Waals surface area (Å²) in [5.41, 5.74) is 2.58. The lowest BCUT2D eigenvalue weighted by atomic mass is 9.97. The molecule has 0 bridgehead atoms. The van der Waals surface area contributed by atoms with Crippen LogP contribution in [0.2, 0.25) is 0 Å². The maximum atomic E-state index is 12.0.